The van der Waals surface area contributed by atoms with Gasteiger partial charge in [-0.05, 0) is 55.8 Å². The molecule has 5 heteroatoms. The third kappa shape index (κ3) is 4.53. The number of benzene rings is 1. The molecule has 0 aliphatic heterocycles. The molecule has 2 rings (SSSR count). The molecule has 1 aliphatic rings. The van der Waals surface area contributed by atoms with Crippen molar-refractivity contribution in [3.63, 3.8) is 0 Å². The molecule has 1 aliphatic carbocycles. The fraction of sp³-hybridized carbons (Fsp3) is 0.625. The Bertz CT molecular complexity index is 550. The van der Waals surface area contributed by atoms with Crippen molar-refractivity contribution >= 4 is 10.0 Å². The molecule has 0 heterocycles. The van der Waals surface area contributed by atoms with Crippen LogP contribution in [-0.2, 0) is 10.0 Å². The van der Waals surface area contributed by atoms with E-state index in [0.29, 0.717) is 23.3 Å². The topological polar surface area (TPSA) is 58.2 Å². The molecule has 1 fully saturated rings. The average molecular weight is 310 g/mol. The molecule has 1 aromatic carbocycles. The van der Waals surface area contributed by atoms with Gasteiger partial charge in [0.1, 0.15) is 0 Å². The van der Waals surface area contributed by atoms with Gasteiger partial charge in [-0.3, -0.25) is 0 Å². The maximum Gasteiger partial charge on any atom is 0.240 e. The summed E-state index contributed by atoms with van der Waals surface area (Å²) < 4.78 is 27.2. The van der Waals surface area contributed by atoms with Crippen LogP contribution in [0.15, 0.2) is 29.2 Å². The van der Waals surface area contributed by atoms with Gasteiger partial charge in [0.15, 0.2) is 0 Å². The van der Waals surface area contributed by atoms with Crippen LogP contribution in [0.4, 0.5) is 0 Å². The lowest BCUT2D eigenvalue weighted by atomic mass is 10.1. The summed E-state index contributed by atoms with van der Waals surface area (Å²) in [5.74, 6) is 1.13. The van der Waals surface area contributed by atoms with Gasteiger partial charge in [-0.25, -0.2) is 13.1 Å². The maximum absolute atomic E-state index is 12.3. The minimum atomic E-state index is -3.39. The zero-order valence-corrected chi connectivity index (χ0v) is 13.9. The molecule has 2 unspecified atom stereocenters. The van der Waals surface area contributed by atoms with Crippen molar-refractivity contribution in [1.29, 1.82) is 0 Å². The largest absolute Gasteiger partial charge is 0.310 e. The first-order valence-electron chi connectivity index (χ1n) is 7.77. The van der Waals surface area contributed by atoms with E-state index in [2.05, 4.69) is 30.8 Å². The molecule has 4 nitrogen and oxygen atoms in total. The molecular weight excluding hydrogens is 284 g/mol. The van der Waals surface area contributed by atoms with Crippen LogP contribution < -0.4 is 10.0 Å². The van der Waals surface area contributed by atoms with Crippen molar-refractivity contribution in [3.8, 4) is 0 Å². The summed E-state index contributed by atoms with van der Waals surface area (Å²) in [5, 5.41) is 3.31. The number of hydrogen-bond acceptors (Lipinski definition) is 3. The molecule has 0 saturated heterocycles. The van der Waals surface area contributed by atoms with Gasteiger partial charge in [0.25, 0.3) is 0 Å². The van der Waals surface area contributed by atoms with E-state index in [0.717, 1.165) is 12.1 Å². The van der Waals surface area contributed by atoms with E-state index in [-0.39, 0.29) is 6.04 Å². The van der Waals surface area contributed by atoms with Gasteiger partial charge < -0.3 is 5.32 Å². The first-order valence-corrected chi connectivity index (χ1v) is 9.25. The molecule has 0 bridgehead atoms. The van der Waals surface area contributed by atoms with E-state index >= 15 is 0 Å². The van der Waals surface area contributed by atoms with Gasteiger partial charge >= 0.3 is 0 Å². The van der Waals surface area contributed by atoms with Crippen molar-refractivity contribution in [3.05, 3.63) is 29.8 Å². The molecule has 1 saturated carbocycles. The predicted molar refractivity (Wildman–Crippen MR) is 85.6 cm³/mol. The van der Waals surface area contributed by atoms with Crippen molar-refractivity contribution in [1.82, 2.24) is 10.0 Å². The van der Waals surface area contributed by atoms with Crippen LogP contribution in [-0.4, -0.2) is 21.5 Å². The number of hydrogen-bond donors (Lipinski definition) is 2. The van der Waals surface area contributed by atoms with E-state index in [1.165, 1.54) is 12.8 Å². The molecule has 21 heavy (non-hydrogen) atoms. The highest BCUT2D eigenvalue weighted by Crippen LogP contribution is 2.36. The molecule has 0 radical (unpaired) electrons. The van der Waals surface area contributed by atoms with Crippen LogP contribution >= 0.6 is 0 Å². The van der Waals surface area contributed by atoms with E-state index < -0.39 is 10.0 Å². The first-order chi connectivity index (χ1) is 9.94. The summed E-state index contributed by atoms with van der Waals surface area (Å²) >= 11 is 0. The Morgan fingerprint density at radius 1 is 1.19 bits per heavy atom. The lowest BCUT2D eigenvalue weighted by Gasteiger charge is -2.14. The Balaban J connectivity index is 1.98. The fourth-order valence-electron chi connectivity index (χ4n) is 2.52. The summed E-state index contributed by atoms with van der Waals surface area (Å²) in [4.78, 5) is 0.345. The van der Waals surface area contributed by atoms with Gasteiger partial charge in [0.2, 0.25) is 10.0 Å². The van der Waals surface area contributed by atoms with Crippen molar-refractivity contribution in [2.24, 2.45) is 11.8 Å². The minimum absolute atomic E-state index is 0.231. The fourth-order valence-corrected chi connectivity index (χ4v) is 3.66. The Kier molecular flexibility index (Phi) is 5.41. The maximum atomic E-state index is 12.3. The summed E-state index contributed by atoms with van der Waals surface area (Å²) in [6.45, 7) is 7.66. The molecule has 118 valence electrons. The molecule has 0 amide bonds. The molecule has 0 spiro atoms. The summed E-state index contributed by atoms with van der Waals surface area (Å²) in [6.07, 6.45) is 2.47. The highest BCUT2D eigenvalue weighted by molar-refractivity contribution is 7.89. The quantitative estimate of drug-likeness (QED) is 0.776. The molecule has 2 atom stereocenters. The zero-order chi connectivity index (χ0) is 15.5. The summed E-state index contributed by atoms with van der Waals surface area (Å²) in [7, 11) is -3.39. The van der Waals surface area contributed by atoms with Crippen molar-refractivity contribution in [2.45, 2.75) is 44.6 Å². The minimum Gasteiger partial charge on any atom is -0.310 e. The summed E-state index contributed by atoms with van der Waals surface area (Å²) in [6, 6.07) is 7.37. The number of rotatable bonds is 8. The van der Waals surface area contributed by atoms with E-state index in [1.807, 2.05) is 12.1 Å². The highest BCUT2D eigenvalue weighted by Gasteiger charge is 2.28. The van der Waals surface area contributed by atoms with E-state index in [4.69, 9.17) is 0 Å². The van der Waals surface area contributed by atoms with Gasteiger partial charge in [0.05, 0.1) is 4.90 Å². The lowest BCUT2D eigenvalue weighted by Crippen LogP contribution is -2.29. The third-order valence-corrected chi connectivity index (χ3v) is 5.66. The zero-order valence-electron chi connectivity index (χ0n) is 13.1. The Hall–Kier alpha value is -0.910. The van der Waals surface area contributed by atoms with Crippen LogP contribution in [0.5, 0.6) is 0 Å². The summed E-state index contributed by atoms with van der Waals surface area (Å²) in [5.41, 5.74) is 1.10. The Labute approximate surface area is 128 Å². The SMILES string of the molecule is CCNC(C)c1ccc(S(=O)(=O)NCC(C)C2CC2)cc1. The molecule has 2 N–H and O–H groups in total. The van der Waals surface area contributed by atoms with Crippen LogP contribution in [0.25, 0.3) is 0 Å². The van der Waals surface area contributed by atoms with Crippen LogP contribution in [0, 0.1) is 11.8 Å². The van der Waals surface area contributed by atoms with Crippen LogP contribution in [0.2, 0.25) is 0 Å². The number of sulfonamides is 1. The van der Waals surface area contributed by atoms with Gasteiger partial charge in [-0.15, -0.1) is 0 Å². The highest BCUT2D eigenvalue weighted by atomic mass is 32.2. The predicted octanol–water partition coefficient (Wildman–Crippen LogP) is 2.68. The van der Waals surface area contributed by atoms with Gasteiger partial charge in [0, 0.05) is 12.6 Å². The van der Waals surface area contributed by atoms with Crippen molar-refractivity contribution in [2.75, 3.05) is 13.1 Å². The number of nitrogens with one attached hydrogen (secondary N) is 2. The standard InChI is InChI=1S/C16H26N2O2S/c1-4-17-13(3)15-7-9-16(10-8-15)21(19,20)18-11-12(2)14-5-6-14/h7-10,12-14,17-18H,4-6,11H2,1-3H3. The Morgan fingerprint density at radius 2 is 1.81 bits per heavy atom. The smallest absolute Gasteiger partial charge is 0.240 e. The monoisotopic (exact) mass is 310 g/mol. The second kappa shape index (κ2) is 6.90. The molecular formula is C16H26N2O2S. The normalized spacial score (nSPS) is 18.4. The average Bonchev–Trinajstić information content (AvgIpc) is 3.30. The molecule has 0 aromatic heterocycles. The molecule has 1 aromatic rings. The van der Waals surface area contributed by atoms with Crippen molar-refractivity contribution < 1.29 is 8.42 Å². The van der Waals surface area contributed by atoms with Gasteiger partial charge in [-0.1, -0.05) is 26.0 Å². The van der Waals surface area contributed by atoms with E-state index in [1.54, 1.807) is 12.1 Å². The van der Waals surface area contributed by atoms with Crippen LogP contribution in [0.3, 0.4) is 0 Å². The van der Waals surface area contributed by atoms with Crippen LogP contribution in [0.1, 0.15) is 45.2 Å². The van der Waals surface area contributed by atoms with E-state index in [9.17, 15) is 8.42 Å². The first kappa shape index (κ1) is 16.5. The second-order valence-electron chi connectivity index (χ2n) is 6.02. The lowest BCUT2D eigenvalue weighted by molar-refractivity contribution is 0.492. The third-order valence-electron chi connectivity index (χ3n) is 4.22. The Morgan fingerprint density at radius 3 is 2.33 bits per heavy atom. The van der Waals surface area contributed by atoms with Gasteiger partial charge in [-0.2, -0.15) is 0 Å². The second-order valence-corrected chi connectivity index (χ2v) is 7.78.